The van der Waals surface area contributed by atoms with Crippen LogP contribution in [0.25, 0.3) is 0 Å². The van der Waals surface area contributed by atoms with E-state index in [4.69, 9.17) is 5.11 Å². The predicted octanol–water partition coefficient (Wildman–Crippen LogP) is 1.81. The molecule has 0 fully saturated rings. The first-order valence-corrected chi connectivity index (χ1v) is 4.83. The van der Waals surface area contributed by atoms with Crippen molar-refractivity contribution in [2.24, 2.45) is 0 Å². The summed E-state index contributed by atoms with van der Waals surface area (Å²) in [5.74, 6) is 0. The highest BCUT2D eigenvalue weighted by atomic mass is 32.2. The molecule has 0 heterocycles. The van der Waals surface area contributed by atoms with Gasteiger partial charge in [-0.15, -0.1) is 11.8 Å². The van der Waals surface area contributed by atoms with E-state index in [1.165, 1.54) is 17.8 Å². The third-order valence-corrected chi connectivity index (χ3v) is 2.38. The van der Waals surface area contributed by atoms with Gasteiger partial charge in [-0.05, 0) is 18.4 Å². The van der Waals surface area contributed by atoms with Crippen molar-refractivity contribution >= 4 is 17.4 Å². The number of rotatable bonds is 3. The molecular weight excluding hydrogens is 190 g/mol. The van der Waals surface area contributed by atoms with Crippen molar-refractivity contribution in [1.29, 1.82) is 0 Å². The molecule has 0 amide bonds. The number of hydrogen-bond acceptors (Lipinski definition) is 4. The van der Waals surface area contributed by atoms with Crippen LogP contribution in [0, 0.1) is 10.1 Å². The van der Waals surface area contributed by atoms with Gasteiger partial charge in [-0.2, -0.15) is 0 Å². The Morgan fingerprint density at radius 3 is 2.77 bits per heavy atom. The van der Waals surface area contributed by atoms with Crippen LogP contribution < -0.4 is 0 Å². The quantitative estimate of drug-likeness (QED) is 0.458. The van der Waals surface area contributed by atoms with Crippen LogP contribution in [-0.4, -0.2) is 16.3 Å². The molecule has 1 aromatic carbocycles. The second-order valence-electron chi connectivity index (χ2n) is 2.41. The summed E-state index contributed by atoms with van der Waals surface area (Å²) < 4.78 is 0. The monoisotopic (exact) mass is 199 g/mol. The molecule has 0 aromatic heterocycles. The van der Waals surface area contributed by atoms with Crippen LogP contribution in [0.15, 0.2) is 23.1 Å². The Hall–Kier alpha value is -1.07. The molecule has 1 rings (SSSR count). The summed E-state index contributed by atoms with van der Waals surface area (Å²) in [5.41, 5.74) is 0.331. The van der Waals surface area contributed by atoms with Crippen LogP contribution in [0.2, 0.25) is 0 Å². The highest BCUT2D eigenvalue weighted by Gasteiger charge is 2.12. The summed E-state index contributed by atoms with van der Waals surface area (Å²) in [6, 6.07) is 4.71. The van der Waals surface area contributed by atoms with Crippen molar-refractivity contribution in [2.75, 3.05) is 6.26 Å². The van der Waals surface area contributed by atoms with E-state index in [2.05, 4.69) is 0 Å². The minimum atomic E-state index is -0.490. The topological polar surface area (TPSA) is 63.4 Å². The van der Waals surface area contributed by atoms with E-state index < -0.39 is 4.92 Å². The molecule has 0 saturated carbocycles. The van der Waals surface area contributed by atoms with E-state index in [0.717, 1.165) is 4.90 Å². The molecule has 0 bridgehead atoms. The maximum absolute atomic E-state index is 10.5. The van der Waals surface area contributed by atoms with Crippen molar-refractivity contribution < 1.29 is 10.0 Å². The Morgan fingerprint density at radius 1 is 1.62 bits per heavy atom. The van der Waals surface area contributed by atoms with Crippen molar-refractivity contribution in [2.45, 2.75) is 11.5 Å². The molecule has 0 aliphatic rings. The summed E-state index contributed by atoms with van der Waals surface area (Å²) in [4.78, 5) is 10.9. The maximum Gasteiger partial charge on any atom is 0.274 e. The molecule has 0 radical (unpaired) electrons. The lowest BCUT2D eigenvalue weighted by molar-refractivity contribution is -0.385. The Balaban J connectivity index is 3.15. The van der Waals surface area contributed by atoms with Crippen LogP contribution >= 0.6 is 11.8 Å². The zero-order chi connectivity index (χ0) is 9.84. The molecule has 1 aromatic rings. The van der Waals surface area contributed by atoms with Crippen LogP contribution in [0.5, 0.6) is 0 Å². The smallest absolute Gasteiger partial charge is 0.274 e. The number of benzene rings is 1. The Kier molecular flexibility index (Phi) is 3.27. The van der Waals surface area contributed by atoms with Gasteiger partial charge < -0.3 is 5.11 Å². The number of thioether (sulfide) groups is 1. The first-order valence-electron chi connectivity index (χ1n) is 3.61. The number of aliphatic hydroxyl groups is 1. The minimum absolute atomic E-state index is 0.0275. The van der Waals surface area contributed by atoms with Gasteiger partial charge in [0.15, 0.2) is 0 Å². The van der Waals surface area contributed by atoms with Gasteiger partial charge in [0.25, 0.3) is 5.69 Å². The third kappa shape index (κ3) is 2.19. The largest absolute Gasteiger partial charge is 0.391 e. The predicted molar refractivity (Wildman–Crippen MR) is 50.8 cm³/mol. The Morgan fingerprint density at radius 2 is 2.31 bits per heavy atom. The standard InChI is InChI=1S/C8H9NO3S/c1-13-7-2-3-8(9(11)12)6(4-7)5-10/h2-4,10H,5H2,1H3. The lowest BCUT2D eigenvalue weighted by atomic mass is 10.2. The van der Waals surface area contributed by atoms with Crippen LogP contribution in [0.1, 0.15) is 5.56 Å². The van der Waals surface area contributed by atoms with Gasteiger partial charge in [0.1, 0.15) is 0 Å². The van der Waals surface area contributed by atoms with Gasteiger partial charge in [-0.3, -0.25) is 10.1 Å². The summed E-state index contributed by atoms with van der Waals surface area (Å²) in [6.45, 7) is -0.301. The summed E-state index contributed by atoms with van der Waals surface area (Å²) in [7, 11) is 0. The summed E-state index contributed by atoms with van der Waals surface area (Å²) in [6.07, 6.45) is 1.88. The average Bonchev–Trinajstić information content (AvgIpc) is 2.16. The van der Waals surface area contributed by atoms with E-state index in [-0.39, 0.29) is 12.3 Å². The van der Waals surface area contributed by atoms with Crippen molar-refractivity contribution in [1.82, 2.24) is 0 Å². The second-order valence-corrected chi connectivity index (χ2v) is 3.29. The first kappa shape index (κ1) is 10.0. The molecule has 0 aliphatic heterocycles. The molecule has 0 aliphatic carbocycles. The fourth-order valence-corrected chi connectivity index (χ4v) is 1.46. The van der Waals surface area contributed by atoms with Crippen molar-refractivity contribution in [3.63, 3.8) is 0 Å². The van der Waals surface area contributed by atoms with E-state index in [0.29, 0.717) is 5.56 Å². The van der Waals surface area contributed by atoms with Crippen LogP contribution in [0.3, 0.4) is 0 Å². The molecule has 0 atom stereocenters. The molecule has 4 nitrogen and oxygen atoms in total. The number of nitro benzene ring substituents is 1. The van der Waals surface area contributed by atoms with E-state index in [1.54, 1.807) is 12.1 Å². The van der Waals surface area contributed by atoms with Gasteiger partial charge in [0.2, 0.25) is 0 Å². The minimum Gasteiger partial charge on any atom is -0.391 e. The van der Waals surface area contributed by atoms with Crippen molar-refractivity contribution in [3.05, 3.63) is 33.9 Å². The second kappa shape index (κ2) is 4.25. The van der Waals surface area contributed by atoms with Gasteiger partial charge >= 0.3 is 0 Å². The van der Waals surface area contributed by atoms with Crippen molar-refractivity contribution in [3.8, 4) is 0 Å². The fourth-order valence-electron chi connectivity index (χ4n) is 0.994. The third-order valence-electron chi connectivity index (χ3n) is 1.65. The van der Waals surface area contributed by atoms with E-state index >= 15 is 0 Å². The summed E-state index contributed by atoms with van der Waals surface area (Å²) in [5, 5.41) is 19.3. The Bertz CT molecular complexity index is 327. The number of nitrogens with zero attached hydrogens (tertiary/aromatic N) is 1. The molecule has 70 valence electrons. The molecule has 1 N–H and O–H groups in total. The van der Waals surface area contributed by atoms with Crippen LogP contribution in [-0.2, 0) is 6.61 Å². The fraction of sp³-hybridized carbons (Fsp3) is 0.250. The van der Waals surface area contributed by atoms with E-state index in [9.17, 15) is 10.1 Å². The normalized spacial score (nSPS) is 10.0. The Labute approximate surface area is 79.7 Å². The highest BCUT2D eigenvalue weighted by Crippen LogP contribution is 2.24. The van der Waals surface area contributed by atoms with Gasteiger partial charge in [-0.1, -0.05) is 0 Å². The highest BCUT2D eigenvalue weighted by molar-refractivity contribution is 7.98. The zero-order valence-corrected chi connectivity index (χ0v) is 7.87. The van der Waals surface area contributed by atoms with Gasteiger partial charge in [0, 0.05) is 11.0 Å². The molecular formula is C8H9NO3S. The lowest BCUT2D eigenvalue weighted by Gasteiger charge is -2.01. The summed E-state index contributed by atoms with van der Waals surface area (Å²) >= 11 is 1.49. The van der Waals surface area contributed by atoms with Crippen LogP contribution in [0.4, 0.5) is 5.69 Å². The maximum atomic E-state index is 10.5. The van der Waals surface area contributed by atoms with Gasteiger partial charge in [0.05, 0.1) is 17.1 Å². The zero-order valence-electron chi connectivity index (χ0n) is 7.06. The SMILES string of the molecule is CSc1ccc([N+](=O)[O-])c(CO)c1. The van der Waals surface area contributed by atoms with Gasteiger partial charge in [-0.25, -0.2) is 0 Å². The molecule has 0 spiro atoms. The molecule has 0 saturated heterocycles. The first-order chi connectivity index (χ1) is 6.19. The lowest BCUT2D eigenvalue weighted by Crippen LogP contribution is -1.95. The molecule has 13 heavy (non-hydrogen) atoms. The number of hydrogen-bond donors (Lipinski definition) is 1. The van der Waals surface area contributed by atoms with E-state index in [1.807, 2.05) is 6.26 Å². The number of aliphatic hydroxyl groups excluding tert-OH is 1. The molecule has 5 heteroatoms. The average molecular weight is 199 g/mol. The number of nitro groups is 1. The molecule has 0 unspecified atom stereocenters.